The van der Waals surface area contributed by atoms with Crippen LogP contribution in [0.1, 0.15) is 39.5 Å². The second-order valence-corrected chi connectivity index (χ2v) is 5.49. The van der Waals surface area contributed by atoms with Gasteiger partial charge in [-0.25, -0.2) is 0 Å². The molecule has 17 heavy (non-hydrogen) atoms. The molecule has 2 nitrogen and oxygen atoms in total. The van der Waals surface area contributed by atoms with Crippen LogP contribution in [-0.4, -0.2) is 36.8 Å². The van der Waals surface area contributed by atoms with Crippen LogP contribution in [0, 0.1) is 5.41 Å². The van der Waals surface area contributed by atoms with Crippen molar-refractivity contribution < 1.29 is 13.2 Å². The van der Waals surface area contributed by atoms with Crippen LogP contribution in [0.25, 0.3) is 0 Å². The first-order chi connectivity index (χ1) is 7.78. The molecule has 102 valence electrons. The van der Waals surface area contributed by atoms with E-state index in [1.165, 1.54) is 4.90 Å². The lowest BCUT2D eigenvalue weighted by Crippen LogP contribution is -2.44. The van der Waals surface area contributed by atoms with E-state index < -0.39 is 12.7 Å². The fraction of sp³-hybridized carbons (Fsp3) is 1.00. The third-order valence-corrected chi connectivity index (χ3v) is 3.89. The zero-order chi connectivity index (χ0) is 13.1. The summed E-state index contributed by atoms with van der Waals surface area (Å²) in [4.78, 5) is 1.50. The van der Waals surface area contributed by atoms with Gasteiger partial charge in [-0.1, -0.05) is 6.42 Å². The predicted octanol–water partition coefficient (Wildman–Crippen LogP) is 2.78. The minimum absolute atomic E-state index is 0.0773. The maximum Gasteiger partial charge on any atom is 0.401 e. The lowest BCUT2D eigenvalue weighted by atomic mass is 9.66. The first-order valence-electron chi connectivity index (χ1n) is 6.29. The van der Waals surface area contributed by atoms with E-state index >= 15 is 0 Å². The van der Waals surface area contributed by atoms with Gasteiger partial charge in [-0.05, 0) is 51.6 Å². The third kappa shape index (κ3) is 4.47. The lowest BCUT2D eigenvalue weighted by molar-refractivity contribution is -0.150. The van der Waals surface area contributed by atoms with Crippen LogP contribution in [0.15, 0.2) is 0 Å². The van der Waals surface area contributed by atoms with Crippen LogP contribution >= 0.6 is 0 Å². The van der Waals surface area contributed by atoms with Crippen LogP contribution in [0.5, 0.6) is 0 Å². The van der Waals surface area contributed by atoms with Crippen LogP contribution in [0.3, 0.4) is 0 Å². The smallest absolute Gasteiger partial charge is 0.330 e. The first-order valence-corrected chi connectivity index (χ1v) is 6.29. The molecule has 0 heterocycles. The highest BCUT2D eigenvalue weighted by Crippen LogP contribution is 2.43. The summed E-state index contributed by atoms with van der Waals surface area (Å²) < 4.78 is 37.2. The van der Waals surface area contributed by atoms with E-state index in [0.29, 0.717) is 13.1 Å². The molecule has 1 aliphatic carbocycles. The highest BCUT2D eigenvalue weighted by atomic mass is 19.4. The van der Waals surface area contributed by atoms with Gasteiger partial charge in [0.2, 0.25) is 0 Å². The normalized spacial score (nSPS) is 19.8. The van der Waals surface area contributed by atoms with Gasteiger partial charge in [-0.2, -0.15) is 13.2 Å². The fourth-order valence-electron chi connectivity index (χ4n) is 2.36. The Kier molecular flexibility index (Phi) is 4.84. The summed E-state index contributed by atoms with van der Waals surface area (Å²) in [6, 6.07) is -0.0773. The van der Waals surface area contributed by atoms with E-state index in [9.17, 15) is 13.2 Å². The minimum atomic E-state index is -4.11. The largest absolute Gasteiger partial charge is 0.401 e. The van der Waals surface area contributed by atoms with Gasteiger partial charge in [0.05, 0.1) is 6.54 Å². The fourth-order valence-corrected chi connectivity index (χ4v) is 2.36. The minimum Gasteiger partial charge on any atom is -0.330 e. The van der Waals surface area contributed by atoms with Crippen molar-refractivity contribution in [2.75, 3.05) is 19.6 Å². The number of rotatable bonds is 6. The lowest BCUT2D eigenvalue weighted by Gasteiger charge is -2.43. The molecular formula is C12H23F3N2. The molecule has 1 fully saturated rings. The molecule has 0 saturated heterocycles. The van der Waals surface area contributed by atoms with Gasteiger partial charge in [-0.3, -0.25) is 4.90 Å². The average molecular weight is 252 g/mol. The Hall–Kier alpha value is -0.290. The van der Waals surface area contributed by atoms with Crippen molar-refractivity contribution >= 4 is 0 Å². The van der Waals surface area contributed by atoms with Crippen molar-refractivity contribution in [3.8, 4) is 0 Å². The van der Waals surface area contributed by atoms with Gasteiger partial charge >= 0.3 is 6.18 Å². The van der Waals surface area contributed by atoms with Gasteiger partial charge in [0.25, 0.3) is 0 Å². The molecule has 0 atom stereocenters. The average Bonchev–Trinajstić information content (AvgIpc) is 2.12. The molecule has 0 bridgehead atoms. The molecule has 0 radical (unpaired) electrons. The topological polar surface area (TPSA) is 29.3 Å². The zero-order valence-corrected chi connectivity index (χ0v) is 10.7. The quantitative estimate of drug-likeness (QED) is 0.787. The number of hydrogen-bond donors (Lipinski definition) is 1. The Bertz CT molecular complexity index is 229. The van der Waals surface area contributed by atoms with Gasteiger partial charge in [0, 0.05) is 6.04 Å². The summed E-state index contributed by atoms with van der Waals surface area (Å²) in [5.41, 5.74) is 5.84. The van der Waals surface area contributed by atoms with Crippen LogP contribution in [0.2, 0.25) is 0 Å². The summed E-state index contributed by atoms with van der Waals surface area (Å²) >= 11 is 0. The number of alkyl halides is 3. The summed E-state index contributed by atoms with van der Waals surface area (Å²) in [5.74, 6) is 0. The maximum atomic E-state index is 12.4. The molecule has 0 aromatic heterocycles. The van der Waals surface area contributed by atoms with Gasteiger partial charge in [0.1, 0.15) is 0 Å². The van der Waals surface area contributed by atoms with Crippen LogP contribution in [0.4, 0.5) is 13.2 Å². The van der Waals surface area contributed by atoms with E-state index in [1.54, 1.807) is 0 Å². The molecular weight excluding hydrogens is 229 g/mol. The number of nitrogens with zero attached hydrogens (tertiary/aromatic N) is 1. The second-order valence-electron chi connectivity index (χ2n) is 5.49. The van der Waals surface area contributed by atoms with Crippen molar-refractivity contribution in [2.45, 2.75) is 51.7 Å². The van der Waals surface area contributed by atoms with E-state index in [-0.39, 0.29) is 11.5 Å². The molecule has 0 aromatic carbocycles. The van der Waals surface area contributed by atoms with E-state index in [4.69, 9.17) is 5.73 Å². The van der Waals surface area contributed by atoms with E-state index in [0.717, 1.165) is 25.7 Å². The Balaban J connectivity index is 2.44. The number of nitrogens with two attached hydrogens (primary N) is 1. The van der Waals surface area contributed by atoms with Gasteiger partial charge in [0.15, 0.2) is 0 Å². The highest BCUT2D eigenvalue weighted by Gasteiger charge is 2.37. The molecule has 1 saturated carbocycles. The van der Waals surface area contributed by atoms with E-state index in [1.807, 2.05) is 13.8 Å². The van der Waals surface area contributed by atoms with Crippen LogP contribution in [-0.2, 0) is 0 Å². The molecule has 1 aliphatic rings. The SMILES string of the molecule is CC(C)N(CCC1(CN)CCC1)CC(F)(F)F. The molecule has 2 N–H and O–H groups in total. The van der Waals surface area contributed by atoms with Crippen molar-refractivity contribution in [3.05, 3.63) is 0 Å². The zero-order valence-electron chi connectivity index (χ0n) is 10.7. The highest BCUT2D eigenvalue weighted by molar-refractivity contribution is 4.89. The molecule has 1 rings (SSSR count). The number of halogens is 3. The first kappa shape index (κ1) is 14.8. The predicted molar refractivity (Wildman–Crippen MR) is 62.7 cm³/mol. The second kappa shape index (κ2) is 5.57. The monoisotopic (exact) mass is 252 g/mol. The summed E-state index contributed by atoms with van der Waals surface area (Å²) in [7, 11) is 0. The van der Waals surface area contributed by atoms with Crippen molar-refractivity contribution in [2.24, 2.45) is 11.1 Å². The summed E-state index contributed by atoms with van der Waals surface area (Å²) in [5, 5.41) is 0. The Morgan fingerprint density at radius 1 is 1.29 bits per heavy atom. The standard InChI is InChI=1S/C12H23F3N2/c1-10(2)17(9-12(13,14)15)7-6-11(8-16)4-3-5-11/h10H,3-9,16H2,1-2H3. The van der Waals surface area contributed by atoms with Crippen LogP contribution < -0.4 is 5.73 Å². The molecule has 0 amide bonds. The van der Waals surface area contributed by atoms with Crippen molar-refractivity contribution in [1.82, 2.24) is 4.90 Å². The molecule has 0 spiro atoms. The third-order valence-electron chi connectivity index (χ3n) is 3.89. The summed E-state index contributed by atoms with van der Waals surface area (Å²) in [6.45, 7) is 3.90. The van der Waals surface area contributed by atoms with Crippen molar-refractivity contribution in [1.29, 1.82) is 0 Å². The number of hydrogen-bond acceptors (Lipinski definition) is 2. The Morgan fingerprint density at radius 3 is 2.18 bits per heavy atom. The maximum absolute atomic E-state index is 12.4. The molecule has 0 aliphatic heterocycles. The molecule has 5 heteroatoms. The van der Waals surface area contributed by atoms with E-state index in [2.05, 4.69) is 0 Å². The Morgan fingerprint density at radius 2 is 1.88 bits per heavy atom. The van der Waals surface area contributed by atoms with Crippen molar-refractivity contribution in [3.63, 3.8) is 0 Å². The van der Waals surface area contributed by atoms with Gasteiger partial charge < -0.3 is 5.73 Å². The van der Waals surface area contributed by atoms with Gasteiger partial charge in [-0.15, -0.1) is 0 Å². The summed E-state index contributed by atoms with van der Waals surface area (Å²) in [6.07, 6.45) is -0.0153. The Labute approximate surface area is 101 Å². The molecule has 0 unspecified atom stereocenters. The molecule has 0 aromatic rings.